The average molecular weight is 577 g/mol. The molecule has 4 heterocycles. The molecule has 2 aromatic heterocycles. The van der Waals surface area contributed by atoms with Crippen LogP contribution in [0.3, 0.4) is 0 Å². The number of halogens is 1. The van der Waals surface area contributed by atoms with Gasteiger partial charge in [0.25, 0.3) is 0 Å². The summed E-state index contributed by atoms with van der Waals surface area (Å²) < 4.78 is 34.5. The highest BCUT2D eigenvalue weighted by Crippen LogP contribution is 2.30. The fourth-order valence-corrected chi connectivity index (χ4v) is 5.17. The van der Waals surface area contributed by atoms with E-state index in [1.165, 1.54) is 12.0 Å². The molecule has 2 aliphatic rings. The molecule has 5 aromatic rings. The largest absolute Gasteiger partial charge is 0.473 e. The molecule has 7 nitrogen and oxygen atoms in total. The maximum absolute atomic E-state index is 15.6. The van der Waals surface area contributed by atoms with Gasteiger partial charge in [0.15, 0.2) is 0 Å². The van der Waals surface area contributed by atoms with Gasteiger partial charge in [0.05, 0.1) is 41.6 Å². The van der Waals surface area contributed by atoms with E-state index in [1.807, 2.05) is 37.4 Å². The monoisotopic (exact) mass is 576 g/mol. The number of hydrogen-bond donors (Lipinski definition) is 0. The minimum atomic E-state index is -0.359. The van der Waals surface area contributed by atoms with Crippen LogP contribution in [0.1, 0.15) is 52.5 Å². The van der Waals surface area contributed by atoms with Crippen molar-refractivity contribution >= 4 is 11.0 Å². The number of aryl methyl sites for hydroxylation is 2. The summed E-state index contributed by atoms with van der Waals surface area (Å²) in [7, 11) is 2.00. The third kappa shape index (κ3) is 6.29. The molecule has 0 spiro atoms. The number of nitrogens with zero attached hydrogens (tertiary/aromatic N) is 4. The van der Waals surface area contributed by atoms with E-state index in [2.05, 4.69) is 34.7 Å². The molecule has 0 aliphatic carbocycles. The zero-order valence-corrected chi connectivity index (χ0v) is 24.4. The van der Waals surface area contributed by atoms with Crippen LogP contribution in [0.5, 0.6) is 5.88 Å². The van der Waals surface area contributed by atoms with Crippen LogP contribution >= 0.6 is 0 Å². The second-order valence-corrected chi connectivity index (χ2v) is 10.7. The Labute approximate surface area is 250 Å². The van der Waals surface area contributed by atoms with Crippen LogP contribution in [-0.2, 0) is 49.2 Å². The predicted octanol–water partition coefficient (Wildman–Crippen LogP) is 6.82. The fourth-order valence-electron chi connectivity index (χ4n) is 5.17. The standard InChI is InChI=1S/C32H27FN4O2.C3H6O/c1-3-20-8-10-29-30(12-20)37(2)31(35-29)15-23-14-27(33)26-13-25(23)18-38-17-24-11-21(16-34)7-9-22(24)19-39-32-6-4-5-28(26)36-32;1-2-4-3-1/h4-14H,3,15,17-19H2,1-2H3;1-3H2. The second-order valence-electron chi connectivity index (χ2n) is 10.7. The Hall–Kier alpha value is -4.58. The number of nitriles is 1. The minimum Gasteiger partial charge on any atom is -0.473 e. The molecule has 4 bridgehead atoms. The molecule has 0 amide bonds. The number of imidazole rings is 1. The Bertz CT molecular complexity index is 1820. The minimum absolute atomic E-state index is 0.263. The van der Waals surface area contributed by atoms with Gasteiger partial charge in [0.2, 0.25) is 5.88 Å². The van der Waals surface area contributed by atoms with E-state index in [4.69, 9.17) is 19.2 Å². The number of hydrogen-bond acceptors (Lipinski definition) is 6. The molecule has 1 fully saturated rings. The smallest absolute Gasteiger partial charge is 0.214 e. The van der Waals surface area contributed by atoms with Crippen LogP contribution in [0.25, 0.3) is 22.3 Å². The molecular formula is C35H33FN4O3. The lowest BCUT2D eigenvalue weighted by Crippen LogP contribution is -2.09. The average Bonchev–Trinajstić information content (AvgIpc) is 3.30. The molecular weight excluding hydrogens is 543 g/mol. The van der Waals surface area contributed by atoms with Crippen molar-refractivity contribution in [1.29, 1.82) is 5.26 Å². The van der Waals surface area contributed by atoms with Crippen molar-refractivity contribution in [3.63, 3.8) is 0 Å². The highest BCUT2D eigenvalue weighted by molar-refractivity contribution is 5.77. The predicted molar refractivity (Wildman–Crippen MR) is 162 cm³/mol. The fraction of sp³-hybridized carbons (Fsp3) is 0.286. The van der Waals surface area contributed by atoms with Crippen LogP contribution < -0.4 is 4.74 Å². The van der Waals surface area contributed by atoms with Crippen LogP contribution in [0.4, 0.5) is 4.39 Å². The van der Waals surface area contributed by atoms with Crippen molar-refractivity contribution in [2.75, 3.05) is 13.2 Å². The molecule has 7 rings (SSSR count). The summed E-state index contributed by atoms with van der Waals surface area (Å²) in [6, 6.07) is 22.7. The van der Waals surface area contributed by atoms with Gasteiger partial charge < -0.3 is 18.8 Å². The van der Waals surface area contributed by atoms with Gasteiger partial charge in [-0.1, -0.05) is 25.1 Å². The molecule has 0 radical (unpaired) electrons. The van der Waals surface area contributed by atoms with Crippen molar-refractivity contribution in [3.05, 3.63) is 112 Å². The topological polar surface area (TPSA) is 82.2 Å². The number of benzene rings is 3. The van der Waals surface area contributed by atoms with Crippen molar-refractivity contribution in [3.8, 4) is 23.2 Å². The summed E-state index contributed by atoms with van der Waals surface area (Å²) in [5.41, 5.74) is 8.11. The quantitative estimate of drug-likeness (QED) is 0.235. The summed E-state index contributed by atoms with van der Waals surface area (Å²) in [6.07, 6.45) is 2.68. The summed E-state index contributed by atoms with van der Waals surface area (Å²) in [6.45, 7) is 4.95. The Balaban J connectivity index is 0.000000761. The van der Waals surface area contributed by atoms with Crippen LogP contribution in [0.15, 0.2) is 66.7 Å². The molecule has 8 heteroatoms. The van der Waals surface area contributed by atoms with E-state index in [9.17, 15) is 5.26 Å². The van der Waals surface area contributed by atoms with Crippen molar-refractivity contribution in [2.45, 2.75) is 46.0 Å². The molecule has 0 N–H and O–H groups in total. The lowest BCUT2D eigenvalue weighted by atomic mass is 9.99. The molecule has 43 heavy (non-hydrogen) atoms. The molecule has 0 saturated carbocycles. The molecule has 0 unspecified atom stereocenters. The van der Waals surface area contributed by atoms with E-state index in [-0.39, 0.29) is 25.6 Å². The first-order valence-electron chi connectivity index (χ1n) is 14.6. The Morgan fingerprint density at radius 1 is 0.907 bits per heavy atom. The van der Waals surface area contributed by atoms with Crippen molar-refractivity contribution in [1.82, 2.24) is 14.5 Å². The van der Waals surface area contributed by atoms with Crippen LogP contribution in [0, 0.1) is 17.1 Å². The molecule has 218 valence electrons. The van der Waals surface area contributed by atoms with Gasteiger partial charge in [-0.05, 0) is 83.1 Å². The second kappa shape index (κ2) is 12.7. The first-order valence-corrected chi connectivity index (χ1v) is 14.6. The Morgan fingerprint density at radius 2 is 1.72 bits per heavy atom. The van der Waals surface area contributed by atoms with Crippen molar-refractivity contribution in [2.24, 2.45) is 7.05 Å². The highest BCUT2D eigenvalue weighted by Gasteiger charge is 2.18. The van der Waals surface area contributed by atoms with Gasteiger partial charge in [0, 0.05) is 38.3 Å². The van der Waals surface area contributed by atoms with Crippen LogP contribution in [-0.4, -0.2) is 27.7 Å². The summed E-state index contributed by atoms with van der Waals surface area (Å²) in [5, 5.41) is 9.40. The third-order valence-electron chi connectivity index (χ3n) is 7.89. The number of aromatic nitrogens is 3. The first kappa shape index (κ1) is 28.5. The van der Waals surface area contributed by atoms with E-state index < -0.39 is 0 Å². The number of ether oxygens (including phenoxy) is 3. The van der Waals surface area contributed by atoms with Gasteiger partial charge >= 0.3 is 0 Å². The zero-order valence-electron chi connectivity index (χ0n) is 24.4. The summed E-state index contributed by atoms with van der Waals surface area (Å²) >= 11 is 0. The van der Waals surface area contributed by atoms with Gasteiger partial charge in [-0.3, -0.25) is 0 Å². The van der Waals surface area contributed by atoms with Gasteiger partial charge in [-0.25, -0.2) is 14.4 Å². The van der Waals surface area contributed by atoms with Gasteiger partial charge in [0.1, 0.15) is 18.2 Å². The lowest BCUT2D eigenvalue weighted by molar-refractivity contribution is 0.0367. The van der Waals surface area contributed by atoms with E-state index >= 15 is 4.39 Å². The number of fused-ring (bicyclic) bond motifs is 7. The molecule has 0 atom stereocenters. The molecule has 3 aromatic carbocycles. The van der Waals surface area contributed by atoms with Crippen molar-refractivity contribution < 1.29 is 18.6 Å². The number of rotatable bonds is 3. The zero-order chi connectivity index (χ0) is 29.8. The van der Waals surface area contributed by atoms with E-state index in [1.54, 1.807) is 24.3 Å². The Morgan fingerprint density at radius 3 is 2.49 bits per heavy atom. The third-order valence-corrected chi connectivity index (χ3v) is 7.89. The van der Waals surface area contributed by atoms with Crippen LogP contribution in [0.2, 0.25) is 0 Å². The van der Waals surface area contributed by atoms with E-state index in [0.29, 0.717) is 29.1 Å². The maximum Gasteiger partial charge on any atom is 0.214 e. The molecule has 2 aliphatic heterocycles. The van der Waals surface area contributed by atoms with Gasteiger partial charge in [-0.2, -0.15) is 5.26 Å². The van der Waals surface area contributed by atoms with Gasteiger partial charge in [-0.15, -0.1) is 0 Å². The maximum atomic E-state index is 15.6. The summed E-state index contributed by atoms with van der Waals surface area (Å²) in [5.74, 6) is 0.892. The summed E-state index contributed by atoms with van der Waals surface area (Å²) in [4.78, 5) is 9.43. The highest BCUT2D eigenvalue weighted by atomic mass is 19.1. The number of pyridine rings is 1. The molecule has 1 saturated heterocycles. The Kier molecular flexibility index (Phi) is 8.45. The first-order chi connectivity index (χ1) is 21.0. The SMILES string of the molecule is C1COC1.CCc1ccc2nc(Cc3cc(F)c4cc3COCc3cc(C#N)ccc3COc3cccc-4n3)n(C)c2c1. The lowest BCUT2D eigenvalue weighted by Gasteiger charge is -2.14. The van der Waals surface area contributed by atoms with E-state index in [0.717, 1.165) is 58.7 Å². The normalized spacial score (nSPS) is 14.0.